The van der Waals surface area contributed by atoms with Crippen LogP contribution in [-0.4, -0.2) is 35.7 Å². The van der Waals surface area contributed by atoms with Crippen LogP contribution in [0.5, 0.6) is 0 Å². The molecule has 2 N–H and O–H groups in total. The quantitative estimate of drug-likeness (QED) is 0.724. The van der Waals surface area contributed by atoms with Crippen molar-refractivity contribution in [3.63, 3.8) is 0 Å². The standard InChI is InChI=1S/C12H13N7O/c1-6-5-13-17-9(6)15-11(20)10-16-12-14-7(2)4-8(3)19(12)18-10/h4-5H,1-3H3,(H2,13,15,17,20). The van der Waals surface area contributed by atoms with Crippen molar-refractivity contribution in [3.05, 3.63) is 35.0 Å². The molecule has 3 rings (SSSR count). The Morgan fingerprint density at radius 3 is 2.80 bits per heavy atom. The van der Waals surface area contributed by atoms with Gasteiger partial charge in [-0.1, -0.05) is 0 Å². The minimum absolute atomic E-state index is 0.0696. The highest BCUT2D eigenvalue weighted by molar-refractivity contribution is 6.01. The van der Waals surface area contributed by atoms with E-state index in [4.69, 9.17) is 0 Å². The summed E-state index contributed by atoms with van der Waals surface area (Å²) >= 11 is 0. The van der Waals surface area contributed by atoms with Gasteiger partial charge in [0.2, 0.25) is 5.82 Å². The molecule has 0 saturated heterocycles. The van der Waals surface area contributed by atoms with Crippen molar-refractivity contribution in [1.82, 2.24) is 29.8 Å². The highest BCUT2D eigenvalue weighted by atomic mass is 16.2. The number of nitrogens with one attached hydrogen (secondary N) is 2. The Bertz CT molecular complexity index is 801. The van der Waals surface area contributed by atoms with Crippen molar-refractivity contribution >= 4 is 17.5 Å². The molecule has 1 amide bonds. The summed E-state index contributed by atoms with van der Waals surface area (Å²) in [6.07, 6.45) is 1.63. The molecule has 0 fully saturated rings. The van der Waals surface area contributed by atoms with Crippen LogP contribution in [0, 0.1) is 20.8 Å². The molecule has 0 bridgehead atoms. The molecule has 0 unspecified atom stereocenters. The van der Waals surface area contributed by atoms with Gasteiger partial charge in [0.15, 0.2) is 0 Å². The zero-order valence-corrected chi connectivity index (χ0v) is 11.3. The second-order valence-electron chi connectivity index (χ2n) is 4.57. The van der Waals surface area contributed by atoms with E-state index in [1.165, 1.54) is 0 Å². The predicted octanol–water partition coefficient (Wildman–Crippen LogP) is 1.02. The lowest BCUT2D eigenvalue weighted by atomic mass is 10.4. The van der Waals surface area contributed by atoms with Gasteiger partial charge in [-0.05, 0) is 26.8 Å². The summed E-state index contributed by atoms with van der Waals surface area (Å²) in [7, 11) is 0. The first-order chi connectivity index (χ1) is 9.54. The van der Waals surface area contributed by atoms with Crippen molar-refractivity contribution in [2.45, 2.75) is 20.8 Å². The SMILES string of the molecule is Cc1cc(C)n2nc(C(=O)Nc3[nH]ncc3C)nc2n1. The van der Waals surface area contributed by atoms with Crippen LogP contribution in [0.4, 0.5) is 5.82 Å². The number of hydrogen-bond donors (Lipinski definition) is 2. The third-order valence-electron chi connectivity index (χ3n) is 2.89. The smallest absolute Gasteiger partial charge is 0.296 e. The molecular weight excluding hydrogens is 258 g/mol. The third kappa shape index (κ3) is 2.00. The molecule has 3 heterocycles. The number of H-pyrrole nitrogens is 1. The van der Waals surface area contributed by atoms with Crippen LogP contribution in [-0.2, 0) is 0 Å². The van der Waals surface area contributed by atoms with E-state index in [0.29, 0.717) is 11.6 Å². The van der Waals surface area contributed by atoms with Crippen LogP contribution < -0.4 is 5.32 Å². The van der Waals surface area contributed by atoms with Crippen molar-refractivity contribution in [2.24, 2.45) is 0 Å². The van der Waals surface area contributed by atoms with E-state index in [9.17, 15) is 4.79 Å². The lowest BCUT2D eigenvalue weighted by Gasteiger charge is -1.99. The molecule has 0 saturated carbocycles. The Morgan fingerprint density at radius 2 is 2.10 bits per heavy atom. The van der Waals surface area contributed by atoms with Gasteiger partial charge in [0.1, 0.15) is 5.82 Å². The number of aromatic amines is 1. The molecule has 8 heteroatoms. The minimum atomic E-state index is -0.403. The van der Waals surface area contributed by atoms with Crippen molar-refractivity contribution in [2.75, 3.05) is 5.32 Å². The number of amides is 1. The highest BCUT2D eigenvalue weighted by Crippen LogP contribution is 2.10. The third-order valence-corrected chi connectivity index (χ3v) is 2.89. The summed E-state index contributed by atoms with van der Waals surface area (Å²) in [4.78, 5) is 20.5. The number of aromatic nitrogens is 6. The topological polar surface area (TPSA) is 101 Å². The van der Waals surface area contributed by atoms with Crippen molar-refractivity contribution < 1.29 is 4.79 Å². The van der Waals surface area contributed by atoms with Crippen molar-refractivity contribution in [3.8, 4) is 0 Å². The molecule has 20 heavy (non-hydrogen) atoms. The van der Waals surface area contributed by atoms with Gasteiger partial charge < -0.3 is 5.32 Å². The van der Waals surface area contributed by atoms with Gasteiger partial charge >= 0.3 is 0 Å². The molecule has 102 valence electrons. The van der Waals surface area contributed by atoms with E-state index in [1.807, 2.05) is 26.8 Å². The van der Waals surface area contributed by atoms with Gasteiger partial charge in [-0.15, -0.1) is 5.10 Å². The molecule has 3 aromatic heterocycles. The first-order valence-corrected chi connectivity index (χ1v) is 6.07. The number of carbonyl (C=O) groups is 1. The maximum atomic E-state index is 12.1. The zero-order valence-electron chi connectivity index (χ0n) is 11.3. The van der Waals surface area contributed by atoms with Crippen LogP contribution in [0.15, 0.2) is 12.3 Å². The number of fused-ring (bicyclic) bond motifs is 1. The van der Waals surface area contributed by atoms with E-state index in [2.05, 4.69) is 30.6 Å². The number of nitrogens with zero attached hydrogens (tertiary/aromatic N) is 5. The van der Waals surface area contributed by atoms with E-state index in [0.717, 1.165) is 17.0 Å². The molecule has 0 spiro atoms. The number of carbonyl (C=O) groups excluding carboxylic acids is 1. The molecule has 0 radical (unpaired) electrons. The van der Waals surface area contributed by atoms with Crippen LogP contribution in [0.1, 0.15) is 27.6 Å². The summed E-state index contributed by atoms with van der Waals surface area (Å²) in [6.45, 7) is 5.59. The largest absolute Gasteiger partial charge is 0.304 e. The normalized spacial score (nSPS) is 10.9. The van der Waals surface area contributed by atoms with Gasteiger partial charge in [0, 0.05) is 17.0 Å². The number of anilines is 1. The van der Waals surface area contributed by atoms with E-state index >= 15 is 0 Å². The average Bonchev–Trinajstić information content (AvgIpc) is 2.96. The average molecular weight is 271 g/mol. The zero-order chi connectivity index (χ0) is 14.3. The molecule has 0 aliphatic heterocycles. The monoisotopic (exact) mass is 271 g/mol. The summed E-state index contributed by atoms with van der Waals surface area (Å²) in [5, 5.41) is 13.4. The predicted molar refractivity (Wildman–Crippen MR) is 71.5 cm³/mol. The van der Waals surface area contributed by atoms with E-state index in [1.54, 1.807) is 10.7 Å². The second-order valence-corrected chi connectivity index (χ2v) is 4.57. The van der Waals surface area contributed by atoms with Gasteiger partial charge in [-0.2, -0.15) is 10.1 Å². The summed E-state index contributed by atoms with van der Waals surface area (Å²) in [5.41, 5.74) is 2.54. The molecule has 3 aromatic rings. The number of aryl methyl sites for hydroxylation is 3. The second kappa shape index (κ2) is 4.41. The Hall–Kier alpha value is -2.77. The Kier molecular flexibility index (Phi) is 2.70. The van der Waals surface area contributed by atoms with Crippen molar-refractivity contribution in [1.29, 1.82) is 0 Å². The lowest BCUT2D eigenvalue weighted by molar-refractivity contribution is 0.101. The first kappa shape index (κ1) is 12.3. The lowest BCUT2D eigenvalue weighted by Crippen LogP contribution is -2.15. The molecule has 0 aliphatic rings. The first-order valence-electron chi connectivity index (χ1n) is 6.07. The van der Waals surface area contributed by atoms with Crippen LogP contribution >= 0.6 is 0 Å². The molecule has 0 atom stereocenters. The molecular formula is C12H13N7O. The van der Waals surface area contributed by atoms with E-state index < -0.39 is 5.91 Å². The molecule has 8 nitrogen and oxygen atoms in total. The van der Waals surface area contributed by atoms with Crippen LogP contribution in [0.3, 0.4) is 0 Å². The Balaban J connectivity index is 1.96. The summed E-state index contributed by atoms with van der Waals surface area (Å²) in [6, 6.07) is 1.88. The summed E-state index contributed by atoms with van der Waals surface area (Å²) < 4.78 is 1.54. The van der Waals surface area contributed by atoms with Gasteiger partial charge in [0.05, 0.1) is 6.20 Å². The highest BCUT2D eigenvalue weighted by Gasteiger charge is 2.16. The summed E-state index contributed by atoms with van der Waals surface area (Å²) in [5.74, 6) is 0.615. The Labute approximate surface area is 114 Å². The van der Waals surface area contributed by atoms with Gasteiger partial charge in [-0.3, -0.25) is 9.89 Å². The van der Waals surface area contributed by atoms with Crippen LogP contribution in [0.2, 0.25) is 0 Å². The fraction of sp³-hybridized carbons (Fsp3) is 0.250. The fourth-order valence-corrected chi connectivity index (χ4v) is 1.90. The van der Waals surface area contributed by atoms with Gasteiger partial charge in [-0.25, -0.2) is 9.50 Å². The van der Waals surface area contributed by atoms with Gasteiger partial charge in [0.25, 0.3) is 11.7 Å². The number of rotatable bonds is 2. The fourth-order valence-electron chi connectivity index (χ4n) is 1.90. The maximum Gasteiger partial charge on any atom is 0.296 e. The molecule has 0 aliphatic carbocycles. The Morgan fingerprint density at radius 1 is 1.30 bits per heavy atom. The van der Waals surface area contributed by atoms with Crippen LogP contribution in [0.25, 0.3) is 5.78 Å². The molecule has 0 aromatic carbocycles. The number of hydrogen-bond acceptors (Lipinski definition) is 5. The maximum absolute atomic E-state index is 12.1. The minimum Gasteiger partial charge on any atom is -0.304 e. The van der Waals surface area contributed by atoms with E-state index in [-0.39, 0.29) is 5.82 Å².